The maximum atomic E-state index is 3.75. The van der Waals surface area contributed by atoms with E-state index in [1.807, 2.05) is 0 Å². The van der Waals surface area contributed by atoms with E-state index in [0.717, 1.165) is 19.6 Å². The fraction of sp³-hybridized carbons (Fsp3) is 0.625. The first-order valence-electron chi connectivity index (χ1n) is 7.79. The lowest BCUT2D eigenvalue weighted by Gasteiger charge is -2.19. The van der Waals surface area contributed by atoms with Gasteiger partial charge < -0.3 is 5.32 Å². The van der Waals surface area contributed by atoms with E-state index in [0.29, 0.717) is 18.0 Å². The van der Waals surface area contributed by atoms with E-state index in [4.69, 9.17) is 0 Å². The van der Waals surface area contributed by atoms with Gasteiger partial charge in [0.1, 0.15) is 0 Å². The van der Waals surface area contributed by atoms with Crippen LogP contribution >= 0.6 is 0 Å². The number of likely N-dealkylation sites (tertiary alicyclic amines) is 1. The third kappa shape index (κ3) is 3.58. The Morgan fingerprint density at radius 2 is 2.15 bits per heavy atom. The molecule has 0 amide bonds. The van der Waals surface area contributed by atoms with Crippen LogP contribution in [0.5, 0.6) is 0 Å². The van der Waals surface area contributed by atoms with Gasteiger partial charge in [0.05, 0.1) is 0 Å². The topological polar surface area (TPSA) is 39.3 Å². The molecule has 0 saturated carbocycles. The van der Waals surface area contributed by atoms with Gasteiger partial charge in [-0.15, -0.1) is 0 Å². The van der Waals surface area contributed by atoms with Crippen molar-refractivity contribution in [1.82, 2.24) is 21.1 Å². The van der Waals surface area contributed by atoms with Crippen molar-refractivity contribution >= 4 is 0 Å². The van der Waals surface area contributed by atoms with Gasteiger partial charge in [0.2, 0.25) is 0 Å². The van der Waals surface area contributed by atoms with Crippen LogP contribution in [-0.2, 0) is 6.54 Å². The van der Waals surface area contributed by atoms with Gasteiger partial charge in [-0.25, -0.2) is 0 Å². The minimum atomic E-state index is 0.573. The SMILES string of the molecule is CC1NNCC1CNC1CCN(Cc2ccccc2)C1. The first-order valence-corrected chi connectivity index (χ1v) is 7.79. The molecule has 4 heteroatoms. The Morgan fingerprint density at radius 1 is 1.30 bits per heavy atom. The summed E-state index contributed by atoms with van der Waals surface area (Å²) in [5, 5.41) is 3.75. The highest BCUT2D eigenvalue weighted by Gasteiger charge is 2.26. The monoisotopic (exact) mass is 274 g/mol. The summed E-state index contributed by atoms with van der Waals surface area (Å²) >= 11 is 0. The van der Waals surface area contributed by atoms with Crippen LogP contribution in [-0.4, -0.2) is 43.2 Å². The second-order valence-electron chi connectivity index (χ2n) is 6.19. The Kier molecular flexibility index (Phi) is 4.68. The summed E-state index contributed by atoms with van der Waals surface area (Å²) in [4.78, 5) is 2.56. The third-order valence-electron chi connectivity index (χ3n) is 4.59. The van der Waals surface area contributed by atoms with Gasteiger partial charge >= 0.3 is 0 Å². The summed E-state index contributed by atoms with van der Waals surface area (Å²) < 4.78 is 0. The Morgan fingerprint density at radius 3 is 2.90 bits per heavy atom. The molecule has 0 bridgehead atoms. The molecule has 3 atom stereocenters. The normalized spacial score (nSPS) is 30.9. The maximum Gasteiger partial charge on any atom is 0.0237 e. The molecular formula is C16H26N4. The molecule has 2 saturated heterocycles. The molecule has 2 fully saturated rings. The zero-order chi connectivity index (χ0) is 13.8. The van der Waals surface area contributed by atoms with Crippen LogP contribution in [0.1, 0.15) is 18.9 Å². The molecule has 2 aliphatic heterocycles. The number of hydrogen-bond acceptors (Lipinski definition) is 4. The zero-order valence-corrected chi connectivity index (χ0v) is 12.3. The van der Waals surface area contributed by atoms with E-state index in [1.54, 1.807) is 0 Å². The second kappa shape index (κ2) is 6.68. The fourth-order valence-electron chi connectivity index (χ4n) is 3.20. The highest BCUT2D eigenvalue weighted by atomic mass is 15.4. The fourth-order valence-corrected chi connectivity index (χ4v) is 3.20. The van der Waals surface area contributed by atoms with Crippen LogP contribution in [0.25, 0.3) is 0 Å². The van der Waals surface area contributed by atoms with E-state index in [9.17, 15) is 0 Å². The molecule has 3 unspecified atom stereocenters. The third-order valence-corrected chi connectivity index (χ3v) is 4.59. The quantitative estimate of drug-likeness (QED) is 0.748. The van der Waals surface area contributed by atoms with Crippen molar-refractivity contribution in [1.29, 1.82) is 0 Å². The highest BCUT2D eigenvalue weighted by Crippen LogP contribution is 2.14. The van der Waals surface area contributed by atoms with Crippen molar-refractivity contribution in [2.45, 2.75) is 32.0 Å². The second-order valence-corrected chi connectivity index (χ2v) is 6.19. The predicted molar refractivity (Wildman–Crippen MR) is 82.2 cm³/mol. The van der Waals surface area contributed by atoms with Gasteiger partial charge in [-0.05, 0) is 18.9 Å². The molecule has 110 valence electrons. The van der Waals surface area contributed by atoms with Crippen LogP contribution in [0.3, 0.4) is 0 Å². The lowest BCUT2D eigenvalue weighted by molar-refractivity contribution is 0.316. The number of nitrogens with one attached hydrogen (secondary N) is 3. The van der Waals surface area contributed by atoms with Crippen LogP contribution in [0, 0.1) is 5.92 Å². The molecule has 0 radical (unpaired) electrons. The highest BCUT2D eigenvalue weighted by molar-refractivity contribution is 5.14. The minimum absolute atomic E-state index is 0.573. The number of rotatable bonds is 5. The molecular weight excluding hydrogens is 248 g/mol. The van der Waals surface area contributed by atoms with Gasteiger partial charge in [-0.3, -0.25) is 15.8 Å². The molecule has 20 heavy (non-hydrogen) atoms. The largest absolute Gasteiger partial charge is 0.312 e. The van der Waals surface area contributed by atoms with Gasteiger partial charge in [0.25, 0.3) is 0 Å². The van der Waals surface area contributed by atoms with Crippen molar-refractivity contribution < 1.29 is 0 Å². The van der Waals surface area contributed by atoms with Gasteiger partial charge in [0.15, 0.2) is 0 Å². The zero-order valence-electron chi connectivity index (χ0n) is 12.3. The van der Waals surface area contributed by atoms with E-state index in [2.05, 4.69) is 58.3 Å². The van der Waals surface area contributed by atoms with Crippen LogP contribution in [0.15, 0.2) is 30.3 Å². The van der Waals surface area contributed by atoms with Gasteiger partial charge in [-0.2, -0.15) is 0 Å². The first kappa shape index (κ1) is 14.0. The average molecular weight is 274 g/mol. The smallest absolute Gasteiger partial charge is 0.0237 e. The summed E-state index contributed by atoms with van der Waals surface area (Å²) in [6.45, 7) is 7.92. The van der Waals surface area contributed by atoms with Crippen LogP contribution in [0.2, 0.25) is 0 Å². The van der Waals surface area contributed by atoms with Gasteiger partial charge in [-0.1, -0.05) is 30.3 Å². The standard InChI is InChI=1S/C16H26N4/c1-13-15(10-18-19-13)9-17-16-7-8-20(12-16)11-14-5-3-2-4-6-14/h2-6,13,15-19H,7-12H2,1H3. The van der Waals surface area contributed by atoms with Crippen LogP contribution in [0.4, 0.5) is 0 Å². The molecule has 4 nitrogen and oxygen atoms in total. The predicted octanol–water partition coefficient (Wildman–Crippen LogP) is 0.963. The molecule has 3 N–H and O–H groups in total. The van der Waals surface area contributed by atoms with Crippen molar-refractivity contribution in [3.63, 3.8) is 0 Å². The summed E-state index contributed by atoms with van der Waals surface area (Å²) in [7, 11) is 0. The average Bonchev–Trinajstić information content (AvgIpc) is 3.07. The molecule has 0 spiro atoms. The number of hydrogen-bond donors (Lipinski definition) is 3. The summed E-state index contributed by atoms with van der Waals surface area (Å²) in [6.07, 6.45) is 1.27. The van der Waals surface area contributed by atoms with Crippen molar-refractivity contribution in [3.8, 4) is 0 Å². The first-order chi connectivity index (χ1) is 9.81. The number of hydrazine groups is 1. The maximum absolute atomic E-state index is 3.75. The lowest BCUT2D eigenvalue weighted by atomic mass is 10.0. The van der Waals surface area contributed by atoms with Crippen molar-refractivity contribution in [3.05, 3.63) is 35.9 Å². The molecule has 3 rings (SSSR count). The molecule has 2 aliphatic rings. The van der Waals surface area contributed by atoms with Gasteiger partial charge in [0, 0.05) is 50.7 Å². The number of benzene rings is 1. The minimum Gasteiger partial charge on any atom is -0.312 e. The van der Waals surface area contributed by atoms with Crippen molar-refractivity contribution in [2.75, 3.05) is 26.2 Å². The lowest BCUT2D eigenvalue weighted by Crippen LogP contribution is -2.39. The summed E-state index contributed by atoms with van der Waals surface area (Å²) in [5.41, 5.74) is 7.95. The molecule has 0 aromatic heterocycles. The Bertz CT molecular complexity index is 408. The number of nitrogens with zero attached hydrogens (tertiary/aromatic N) is 1. The van der Waals surface area contributed by atoms with Crippen molar-refractivity contribution in [2.24, 2.45) is 5.92 Å². The van der Waals surface area contributed by atoms with E-state index in [-0.39, 0.29) is 0 Å². The Labute approximate surface area is 121 Å². The van der Waals surface area contributed by atoms with Crippen LogP contribution < -0.4 is 16.2 Å². The molecule has 2 heterocycles. The Hall–Kier alpha value is -0.940. The van der Waals surface area contributed by atoms with E-state index in [1.165, 1.54) is 25.1 Å². The van der Waals surface area contributed by atoms with E-state index >= 15 is 0 Å². The Balaban J connectivity index is 1.41. The summed E-state index contributed by atoms with van der Waals surface area (Å²) in [5.74, 6) is 0.707. The molecule has 0 aliphatic carbocycles. The van der Waals surface area contributed by atoms with E-state index < -0.39 is 0 Å². The summed E-state index contributed by atoms with van der Waals surface area (Å²) in [6, 6.07) is 12.0. The molecule has 1 aromatic rings. The molecule has 1 aromatic carbocycles.